The fourth-order valence-corrected chi connectivity index (χ4v) is 4.39. The summed E-state index contributed by atoms with van der Waals surface area (Å²) in [5, 5.41) is 9.38. The monoisotopic (exact) mass is 289 g/mol. The van der Waals surface area contributed by atoms with Crippen LogP contribution in [0.2, 0.25) is 0 Å². The molecule has 0 aliphatic carbocycles. The Morgan fingerprint density at radius 3 is 2.26 bits per heavy atom. The molecule has 19 heavy (non-hydrogen) atoms. The van der Waals surface area contributed by atoms with E-state index < -0.39 is 10.0 Å². The molecule has 0 saturated heterocycles. The maximum Gasteiger partial charge on any atom is 0.247 e. The van der Waals surface area contributed by atoms with Crippen molar-refractivity contribution in [2.24, 2.45) is 0 Å². The van der Waals surface area contributed by atoms with Crippen molar-refractivity contribution in [2.45, 2.75) is 58.6 Å². The van der Waals surface area contributed by atoms with Crippen molar-refractivity contribution >= 4 is 10.0 Å². The van der Waals surface area contributed by atoms with Crippen LogP contribution in [0.5, 0.6) is 0 Å². The summed E-state index contributed by atoms with van der Waals surface area (Å²) in [6, 6.07) is -0.0869. The molecule has 0 saturated carbocycles. The molecule has 110 valence electrons. The van der Waals surface area contributed by atoms with Gasteiger partial charge in [-0.3, -0.25) is 0 Å². The first kappa shape index (κ1) is 16.2. The van der Waals surface area contributed by atoms with E-state index >= 15 is 0 Å². The maximum absolute atomic E-state index is 12.7. The molecular formula is C13H23NO4S. The van der Waals surface area contributed by atoms with Crippen LogP contribution in [0, 0.1) is 13.8 Å². The van der Waals surface area contributed by atoms with Crippen molar-refractivity contribution in [3.05, 3.63) is 17.1 Å². The van der Waals surface area contributed by atoms with Crippen molar-refractivity contribution in [3.63, 3.8) is 0 Å². The van der Waals surface area contributed by atoms with Crippen molar-refractivity contribution in [2.75, 3.05) is 6.54 Å². The van der Waals surface area contributed by atoms with Crippen LogP contribution in [0.15, 0.2) is 9.31 Å². The van der Waals surface area contributed by atoms with E-state index in [4.69, 9.17) is 4.42 Å². The Bertz CT molecular complexity index is 533. The fourth-order valence-electron chi connectivity index (χ4n) is 2.27. The van der Waals surface area contributed by atoms with Crippen LogP contribution in [0.1, 0.15) is 44.3 Å². The van der Waals surface area contributed by atoms with Crippen LogP contribution in [0.4, 0.5) is 0 Å². The van der Waals surface area contributed by atoms with Gasteiger partial charge in [-0.25, -0.2) is 8.42 Å². The summed E-state index contributed by atoms with van der Waals surface area (Å²) in [4.78, 5) is 0.120. The Kier molecular flexibility index (Phi) is 5.18. The third kappa shape index (κ3) is 2.85. The Morgan fingerprint density at radius 1 is 1.26 bits per heavy atom. The zero-order valence-corrected chi connectivity index (χ0v) is 13.0. The van der Waals surface area contributed by atoms with Gasteiger partial charge in [0.15, 0.2) is 0 Å². The van der Waals surface area contributed by atoms with Gasteiger partial charge >= 0.3 is 0 Å². The smallest absolute Gasteiger partial charge is 0.247 e. The summed E-state index contributed by atoms with van der Waals surface area (Å²) in [6.07, 6.45) is 0.734. The second-order valence-electron chi connectivity index (χ2n) is 4.65. The fraction of sp³-hybridized carbons (Fsp3) is 0.692. The second-order valence-corrected chi connectivity index (χ2v) is 6.47. The Balaban J connectivity index is 3.42. The first-order valence-corrected chi connectivity index (χ1v) is 7.96. The lowest BCUT2D eigenvalue weighted by atomic mass is 10.2. The van der Waals surface area contributed by atoms with Crippen LogP contribution in [0.3, 0.4) is 0 Å². The van der Waals surface area contributed by atoms with Gasteiger partial charge in [-0.05, 0) is 27.2 Å². The molecule has 1 heterocycles. The average molecular weight is 289 g/mol. The molecule has 1 rings (SSSR count). The molecule has 1 aromatic rings. The van der Waals surface area contributed by atoms with E-state index in [1.807, 2.05) is 20.8 Å². The first-order chi connectivity index (χ1) is 8.81. The predicted octanol–water partition coefficient (Wildman–Crippen LogP) is 2.20. The van der Waals surface area contributed by atoms with Gasteiger partial charge in [-0.1, -0.05) is 13.8 Å². The van der Waals surface area contributed by atoms with E-state index in [1.165, 1.54) is 4.31 Å². The van der Waals surface area contributed by atoms with Gasteiger partial charge in [0.1, 0.15) is 16.4 Å². The van der Waals surface area contributed by atoms with Gasteiger partial charge in [-0.2, -0.15) is 4.31 Å². The van der Waals surface area contributed by atoms with Gasteiger partial charge in [-0.15, -0.1) is 0 Å². The molecule has 0 amide bonds. The lowest BCUT2D eigenvalue weighted by Gasteiger charge is -2.26. The van der Waals surface area contributed by atoms with Gasteiger partial charge in [0, 0.05) is 18.2 Å². The highest BCUT2D eigenvalue weighted by Crippen LogP contribution is 2.30. The number of aliphatic hydroxyl groups excluding tert-OH is 1. The quantitative estimate of drug-likeness (QED) is 0.871. The molecule has 1 N–H and O–H groups in total. The highest BCUT2D eigenvalue weighted by molar-refractivity contribution is 7.89. The first-order valence-electron chi connectivity index (χ1n) is 6.52. The van der Waals surface area contributed by atoms with Crippen molar-refractivity contribution < 1.29 is 17.9 Å². The predicted molar refractivity (Wildman–Crippen MR) is 73.4 cm³/mol. The molecule has 0 bridgehead atoms. The number of hydrogen-bond donors (Lipinski definition) is 1. The molecule has 0 aromatic carbocycles. The summed E-state index contributed by atoms with van der Waals surface area (Å²) in [5.41, 5.74) is 0.360. The van der Waals surface area contributed by atoms with Crippen LogP contribution in [0.25, 0.3) is 0 Å². The lowest BCUT2D eigenvalue weighted by molar-refractivity contribution is 0.275. The standard InChI is InChI=1S/C13H23NO4S/c1-6-9(3)14(7-2)19(16,17)13-11(5)18-10(4)12(13)8-15/h9,15H,6-8H2,1-5H3. The van der Waals surface area contributed by atoms with Gasteiger partial charge in [0.25, 0.3) is 0 Å². The average Bonchev–Trinajstić information content (AvgIpc) is 2.64. The van der Waals surface area contributed by atoms with Gasteiger partial charge in [0.2, 0.25) is 10.0 Å². The molecule has 5 nitrogen and oxygen atoms in total. The SMILES string of the molecule is CCC(C)N(CC)S(=O)(=O)c1c(C)oc(C)c1CO. The van der Waals surface area contributed by atoms with Crippen LogP contribution in [-0.4, -0.2) is 30.4 Å². The highest BCUT2D eigenvalue weighted by atomic mass is 32.2. The van der Waals surface area contributed by atoms with E-state index in [1.54, 1.807) is 13.8 Å². The minimum Gasteiger partial charge on any atom is -0.465 e. The van der Waals surface area contributed by atoms with E-state index in [-0.39, 0.29) is 17.5 Å². The Labute approximate surface area is 115 Å². The van der Waals surface area contributed by atoms with E-state index in [0.717, 1.165) is 6.42 Å². The van der Waals surface area contributed by atoms with Crippen LogP contribution < -0.4 is 0 Å². The summed E-state index contributed by atoms with van der Waals surface area (Å²) in [6.45, 7) is 8.97. The number of furan rings is 1. The molecule has 1 unspecified atom stereocenters. The second kappa shape index (κ2) is 6.07. The van der Waals surface area contributed by atoms with Gasteiger partial charge in [0.05, 0.1) is 6.61 Å². The molecular weight excluding hydrogens is 266 g/mol. The zero-order chi connectivity index (χ0) is 14.8. The van der Waals surface area contributed by atoms with Crippen molar-refractivity contribution in [1.29, 1.82) is 0 Å². The van der Waals surface area contributed by atoms with E-state index in [0.29, 0.717) is 23.6 Å². The summed E-state index contributed by atoms with van der Waals surface area (Å²) in [7, 11) is -3.64. The lowest BCUT2D eigenvalue weighted by Crippen LogP contribution is -2.38. The molecule has 1 aromatic heterocycles. The third-order valence-electron chi connectivity index (χ3n) is 3.44. The minimum absolute atomic E-state index is 0.0869. The minimum atomic E-state index is -3.64. The molecule has 1 atom stereocenters. The molecule has 0 fully saturated rings. The highest BCUT2D eigenvalue weighted by Gasteiger charge is 2.33. The number of aliphatic hydroxyl groups is 1. The maximum atomic E-state index is 12.7. The normalized spacial score (nSPS) is 14.1. The van der Waals surface area contributed by atoms with E-state index in [2.05, 4.69) is 0 Å². The number of sulfonamides is 1. The Morgan fingerprint density at radius 2 is 1.84 bits per heavy atom. The van der Waals surface area contributed by atoms with Crippen LogP contribution in [-0.2, 0) is 16.6 Å². The molecule has 0 radical (unpaired) electrons. The van der Waals surface area contributed by atoms with E-state index in [9.17, 15) is 13.5 Å². The van der Waals surface area contributed by atoms with Crippen LogP contribution >= 0.6 is 0 Å². The molecule has 0 aliphatic rings. The summed E-state index contributed by atoms with van der Waals surface area (Å²) >= 11 is 0. The number of rotatable bonds is 6. The zero-order valence-electron chi connectivity index (χ0n) is 12.2. The number of nitrogens with zero attached hydrogens (tertiary/aromatic N) is 1. The third-order valence-corrected chi connectivity index (χ3v) is 5.73. The van der Waals surface area contributed by atoms with Gasteiger partial charge < -0.3 is 9.52 Å². The molecule has 0 spiro atoms. The molecule has 0 aliphatic heterocycles. The number of hydrogen-bond acceptors (Lipinski definition) is 4. The largest absolute Gasteiger partial charge is 0.465 e. The topological polar surface area (TPSA) is 70.8 Å². The molecule has 6 heteroatoms. The summed E-state index contributed by atoms with van der Waals surface area (Å²) in [5.74, 6) is 0.794. The van der Waals surface area contributed by atoms with Crippen molar-refractivity contribution in [1.82, 2.24) is 4.31 Å². The number of aryl methyl sites for hydroxylation is 2. The summed E-state index contributed by atoms with van der Waals surface area (Å²) < 4.78 is 32.3. The van der Waals surface area contributed by atoms with Crippen molar-refractivity contribution in [3.8, 4) is 0 Å². The Hall–Kier alpha value is -0.850.